The van der Waals surface area contributed by atoms with Gasteiger partial charge in [0.15, 0.2) is 12.5 Å². The minimum Gasteiger partial charge on any atom is -0.440 e. The fraction of sp³-hybridized carbons (Fsp3) is 0.100. The third kappa shape index (κ3) is 5.84. The smallest absolute Gasteiger partial charge is 0.339 e. The average Bonchev–Trinajstić information content (AvgIpc) is 3.44. The summed E-state index contributed by atoms with van der Waals surface area (Å²) in [5.41, 5.74) is -0.750. The summed E-state index contributed by atoms with van der Waals surface area (Å²) in [7, 11) is -5.14. The van der Waals surface area contributed by atoms with Gasteiger partial charge in [0.2, 0.25) is 0 Å². The van der Waals surface area contributed by atoms with Gasteiger partial charge in [0, 0.05) is 30.7 Å². The number of benzene rings is 3. The van der Waals surface area contributed by atoms with Gasteiger partial charge in [-0.1, -0.05) is 18.2 Å². The Morgan fingerprint density at radius 2 is 1.63 bits per heavy atom. The summed E-state index contributed by atoms with van der Waals surface area (Å²) >= 11 is 0. The van der Waals surface area contributed by atoms with E-state index in [0.717, 1.165) is 12.1 Å². The van der Waals surface area contributed by atoms with Crippen molar-refractivity contribution in [1.29, 1.82) is 0 Å². The van der Waals surface area contributed by atoms with Crippen molar-refractivity contribution >= 4 is 21.7 Å². The molecule has 5 aromatic rings. The standard InChI is InChI=1S/C30H22F4N4O4S/c1-2-37-17-22(19-12-14-35-15-13-19)29(36-37)27-24(33)10-11-25(28(27)34)38(18-42-30(39)20-6-4-3-5-7-20)43(40,41)26-16-21(31)8-9-23(26)32/h3-17H,2,18H2,1H3. The highest BCUT2D eigenvalue weighted by Gasteiger charge is 2.34. The SMILES string of the molecule is CCn1cc(-c2ccncc2)c(-c2c(F)ccc(N(COC(=O)c3ccccc3)S(=O)(=O)c3cc(F)ccc3F)c2F)n1. The summed E-state index contributed by atoms with van der Waals surface area (Å²) in [5, 5.41) is 4.31. The largest absolute Gasteiger partial charge is 0.440 e. The molecule has 0 radical (unpaired) electrons. The molecule has 0 saturated carbocycles. The molecule has 0 aliphatic carbocycles. The molecule has 0 aliphatic heterocycles. The molecule has 13 heteroatoms. The van der Waals surface area contributed by atoms with E-state index in [1.165, 1.54) is 41.3 Å². The average molecular weight is 611 g/mol. The Hall–Kier alpha value is -5.04. The van der Waals surface area contributed by atoms with Gasteiger partial charge in [-0.25, -0.2) is 35.1 Å². The highest BCUT2D eigenvalue weighted by Crippen LogP contribution is 2.39. The highest BCUT2D eigenvalue weighted by molar-refractivity contribution is 7.92. The monoisotopic (exact) mass is 610 g/mol. The van der Waals surface area contributed by atoms with Crippen molar-refractivity contribution in [2.24, 2.45) is 0 Å². The molecule has 2 heterocycles. The van der Waals surface area contributed by atoms with Gasteiger partial charge in [0.1, 0.15) is 28.0 Å². The lowest BCUT2D eigenvalue weighted by atomic mass is 10.0. The van der Waals surface area contributed by atoms with Crippen LogP contribution in [-0.4, -0.2) is 35.9 Å². The fourth-order valence-corrected chi connectivity index (χ4v) is 5.70. The Kier molecular flexibility index (Phi) is 8.26. The van der Waals surface area contributed by atoms with Crippen LogP contribution in [0.3, 0.4) is 0 Å². The number of aryl methyl sites for hydroxylation is 1. The second-order valence-electron chi connectivity index (χ2n) is 9.09. The summed E-state index contributed by atoms with van der Waals surface area (Å²) in [6.45, 7) is 0.948. The summed E-state index contributed by atoms with van der Waals surface area (Å²) in [4.78, 5) is 15.5. The third-order valence-corrected chi connectivity index (χ3v) is 8.19. The molecule has 0 fully saturated rings. The van der Waals surface area contributed by atoms with Crippen molar-refractivity contribution in [3.63, 3.8) is 0 Å². The number of esters is 1. The quantitative estimate of drug-likeness (QED) is 0.112. The van der Waals surface area contributed by atoms with E-state index in [9.17, 15) is 22.0 Å². The van der Waals surface area contributed by atoms with Crippen LogP contribution in [0.1, 0.15) is 17.3 Å². The Balaban J connectivity index is 1.68. The van der Waals surface area contributed by atoms with Crippen LogP contribution in [0, 0.1) is 23.3 Å². The molecular weight excluding hydrogens is 588 g/mol. The lowest BCUT2D eigenvalue weighted by molar-refractivity contribution is 0.0519. The number of ether oxygens (including phenoxy) is 1. The summed E-state index contributed by atoms with van der Waals surface area (Å²) in [6, 6.07) is 14.0. The molecule has 0 spiro atoms. The molecule has 2 aromatic heterocycles. The number of pyridine rings is 1. The molecule has 8 nitrogen and oxygen atoms in total. The topological polar surface area (TPSA) is 94.4 Å². The Labute approximate surface area is 243 Å². The number of hydrogen-bond acceptors (Lipinski definition) is 6. The van der Waals surface area contributed by atoms with E-state index >= 15 is 8.78 Å². The van der Waals surface area contributed by atoms with Gasteiger partial charge in [-0.15, -0.1) is 0 Å². The number of rotatable bonds is 9. The molecule has 0 amide bonds. The molecule has 5 rings (SSSR count). The zero-order chi connectivity index (χ0) is 30.7. The van der Waals surface area contributed by atoms with Gasteiger partial charge >= 0.3 is 5.97 Å². The first kappa shape index (κ1) is 29.5. The number of sulfonamides is 1. The maximum atomic E-state index is 16.4. The Morgan fingerprint density at radius 3 is 2.33 bits per heavy atom. The molecule has 220 valence electrons. The lowest BCUT2D eigenvalue weighted by Crippen LogP contribution is -2.35. The van der Waals surface area contributed by atoms with Gasteiger partial charge in [-0.3, -0.25) is 9.67 Å². The van der Waals surface area contributed by atoms with Crippen LogP contribution in [0.25, 0.3) is 22.4 Å². The summed E-state index contributed by atoms with van der Waals surface area (Å²) in [6.07, 6.45) is 4.53. The molecule has 0 atom stereocenters. The van der Waals surface area contributed by atoms with Crippen LogP contribution in [-0.2, 0) is 21.3 Å². The number of nitrogens with zero attached hydrogens (tertiary/aromatic N) is 4. The normalized spacial score (nSPS) is 11.4. The zero-order valence-corrected chi connectivity index (χ0v) is 23.2. The van der Waals surface area contributed by atoms with E-state index in [2.05, 4.69) is 10.1 Å². The van der Waals surface area contributed by atoms with Gasteiger partial charge in [0.05, 0.1) is 16.8 Å². The zero-order valence-electron chi connectivity index (χ0n) is 22.4. The number of halogens is 4. The van der Waals surface area contributed by atoms with Crippen LogP contribution >= 0.6 is 0 Å². The number of carbonyl (C=O) groups is 1. The minimum absolute atomic E-state index is 0.0455. The molecular formula is C30H22F4N4O4S. The summed E-state index contributed by atoms with van der Waals surface area (Å²) < 4.78 is 94.9. The predicted molar refractivity (Wildman–Crippen MR) is 149 cm³/mol. The van der Waals surface area contributed by atoms with Crippen molar-refractivity contribution < 1.29 is 35.5 Å². The molecule has 0 bridgehead atoms. The van der Waals surface area contributed by atoms with E-state index in [1.54, 1.807) is 31.3 Å². The van der Waals surface area contributed by atoms with Crippen LogP contribution in [0.2, 0.25) is 0 Å². The first-order valence-electron chi connectivity index (χ1n) is 12.8. The van der Waals surface area contributed by atoms with Crippen molar-refractivity contribution in [3.8, 4) is 22.4 Å². The highest BCUT2D eigenvalue weighted by atomic mass is 32.2. The molecule has 43 heavy (non-hydrogen) atoms. The summed E-state index contributed by atoms with van der Waals surface area (Å²) in [5.74, 6) is -5.88. The Morgan fingerprint density at radius 1 is 0.930 bits per heavy atom. The maximum Gasteiger partial charge on any atom is 0.339 e. The predicted octanol–water partition coefficient (Wildman–Crippen LogP) is 6.20. The van der Waals surface area contributed by atoms with Crippen molar-refractivity contribution in [3.05, 3.63) is 120 Å². The van der Waals surface area contributed by atoms with Gasteiger partial charge in [-0.2, -0.15) is 5.10 Å². The number of anilines is 1. The van der Waals surface area contributed by atoms with E-state index in [-0.39, 0.29) is 15.6 Å². The third-order valence-electron chi connectivity index (χ3n) is 6.44. The van der Waals surface area contributed by atoms with Crippen molar-refractivity contribution in [2.75, 3.05) is 11.0 Å². The van der Waals surface area contributed by atoms with Gasteiger partial charge < -0.3 is 4.74 Å². The molecule has 0 saturated heterocycles. The first-order valence-corrected chi connectivity index (χ1v) is 14.2. The van der Waals surface area contributed by atoms with Crippen LogP contribution < -0.4 is 4.31 Å². The second-order valence-corrected chi connectivity index (χ2v) is 10.9. The molecule has 3 aromatic carbocycles. The second kappa shape index (κ2) is 12.1. The van der Waals surface area contributed by atoms with E-state index in [4.69, 9.17) is 4.74 Å². The van der Waals surface area contributed by atoms with Crippen molar-refractivity contribution in [1.82, 2.24) is 14.8 Å². The lowest BCUT2D eigenvalue weighted by Gasteiger charge is -2.25. The number of hydrogen-bond donors (Lipinski definition) is 0. The van der Waals surface area contributed by atoms with Crippen LogP contribution in [0.15, 0.2) is 96.3 Å². The van der Waals surface area contributed by atoms with Crippen LogP contribution in [0.4, 0.5) is 23.2 Å². The minimum atomic E-state index is -5.14. The van der Waals surface area contributed by atoms with E-state index in [1.807, 2.05) is 0 Å². The van der Waals surface area contributed by atoms with Crippen molar-refractivity contribution in [2.45, 2.75) is 18.4 Å². The van der Waals surface area contributed by atoms with Gasteiger partial charge in [0.25, 0.3) is 10.0 Å². The Bertz CT molecular complexity index is 1900. The number of carbonyl (C=O) groups excluding carboxylic acids is 1. The van der Waals surface area contributed by atoms with Crippen LogP contribution in [0.5, 0.6) is 0 Å². The number of aromatic nitrogens is 3. The molecule has 0 N–H and O–H groups in total. The molecule has 0 aliphatic rings. The maximum absolute atomic E-state index is 16.4. The van der Waals surface area contributed by atoms with E-state index in [0.29, 0.717) is 35.9 Å². The molecule has 0 unspecified atom stereocenters. The van der Waals surface area contributed by atoms with E-state index < -0.39 is 62.1 Å². The van der Waals surface area contributed by atoms with Gasteiger partial charge in [-0.05, 0) is 67.1 Å². The first-order chi connectivity index (χ1) is 20.6. The fourth-order valence-electron chi connectivity index (χ4n) is 4.30.